The fourth-order valence-electron chi connectivity index (χ4n) is 14.1. The van der Waals surface area contributed by atoms with Crippen molar-refractivity contribution >= 4 is 47.8 Å². The van der Waals surface area contributed by atoms with Gasteiger partial charge in [-0.15, -0.1) is 0 Å². The number of ether oxygens (including phenoxy) is 8. The van der Waals surface area contributed by atoms with E-state index in [4.69, 9.17) is 37.9 Å². The van der Waals surface area contributed by atoms with E-state index >= 15 is 0 Å². The third kappa shape index (κ3) is 29.2. The Morgan fingerprint density at radius 2 is 0.351 bits per heavy atom. The van der Waals surface area contributed by atoms with Crippen LogP contribution in [0.4, 0.5) is 0 Å². The van der Waals surface area contributed by atoms with Crippen molar-refractivity contribution in [3.8, 4) is 0 Å². The lowest BCUT2D eigenvalue weighted by atomic mass is 9.94. The van der Waals surface area contributed by atoms with E-state index in [1.54, 1.807) is 48.5 Å². The van der Waals surface area contributed by atoms with Crippen LogP contribution in [0.2, 0.25) is 0 Å². The lowest BCUT2D eigenvalue weighted by Crippen LogP contribution is -2.29. The number of esters is 8. The molecule has 0 saturated heterocycles. The molecule has 4 aliphatic carbocycles. The van der Waals surface area contributed by atoms with Crippen molar-refractivity contribution in [2.45, 2.75) is 271 Å². The SMILES string of the molecule is CCCCCc1ccc(C(=O)OC2CCC(OC(=O)c3ccc(CCCCC)cc3)CC2)cc1.CCc1ccc(C(=O)OC2CCC(OC(=O)c3ccc(CC)cc3)CC2)cc1.Cc1ccc(C(=O)OC2CCC(OC(=O)c3ccc(C)cc3)CC2)cc1.Cc1ccc(C(=O)OC2CCC(OC(=O)c3ccc(C)cc3)CC2)cc1. The van der Waals surface area contributed by atoms with Gasteiger partial charge in [0.2, 0.25) is 0 Å². The predicted octanol–water partition coefficient (Wildman–Crippen LogP) is 21.9. The molecule has 0 aromatic heterocycles. The Morgan fingerprint density at radius 1 is 0.211 bits per heavy atom. The van der Waals surface area contributed by atoms with E-state index in [2.05, 4.69) is 27.7 Å². The van der Waals surface area contributed by atoms with Crippen molar-refractivity contribution in [1.82, 2.24) is 0 Å². The third-order valence-corrected chi connectivity index (χ3v) is 21.5. The first-order valence-electron chi connectivity index (χ1n) is 41.5. The van der Waals surface area contributed by atoms with Gasteiger partial charge >= 0.3 is 47.8 Å². The van der Waals surface area contributed by atoms with Crippen LogP contribution in [0.1, 0.15) is 296 Å². The smallest absolute Gasteiger partial charge is 0.338 e. The Hall–Kier alpha value is -10.5. The van der Waals surface area contributed by atoms with Crippen molar-refractivity contribution in [1.29, 1.82) is 0 Å². The van der Waals surface area contributed by atoms with Crippen LogP contribution in [-0.4, -0.2) is 96.6 Å². The summed E-state index contributed by atoms with van der Waals surface area (Å²) in [4.78, 5) is 98.4. The summed E-state index contributed by atoms with van der Waals surface area (Å²) in [5.74, 6) is -2.23. The Labute approximate surface area is 674 Å². The summed E-state index contributed by atoms with van der Waals surface area (Å²) in [6.45, 7) is 16.5. The predicted molar refractivity (Wildman–Crippen MR) is 443 cm³/mol. The third-order valence-electron chi connectivity index (χ3n) is 21.5. The van der Waals surface area contributed by atoms with Gasteiger partial charge in [-0.2, -0.15) is 0 Å². The minimum atomic E-state index is -0.287. The lowest BCUT2D eigenvalue weighted by molar-refractivity contribution is -0.0108. The highest BCUT2D eigenvalue weighted by Gasteiger charge is 2.32. The van der Waals surface area contributed by atoms with Crippen LogP contribution >= 0.6 is 0 Å². The summed E-state index contributed by atoms with van der Waals surface area (Å²) in [5.41, 5.74) is 14.0. The van der Waals surface area contributed by atoms with Crippen LogP contribution in [0.3, 0.4) is 0 Å². The summed E-state index contributed by atoms with van der Waals surface area (Å²) < 4.78 is 45.1. The average molecular weight is 1550 g/mol. The van der Waals surface area contributed by atoms with Gasteiger partial charge in [0.05, 0.1) is 44.5 Å². The van der Waals surface area contributed by atoms with Gasteiger partial charge in [-0.3, -0.25) is 0 Å². The Balaban J connectivity index is 0.000000175. The topological polar surface area (TPSA) is 210 Å². The first kappa shape index (κ1) is 87.5. The van der Waals surface area contributed by atoms with Gasteiger partial charge in [-0.05, 0) is 288 Å². The molecule has 4 fully saturated rings. The highest BCUT2D eigenvalue weighted by atomic mass is 16.6. The van der Waals surface area contributed by atoms with Gasteiger partial charge in [0.25, 0.3) is 0 Å². The first-order valence-corrected chi connectivity index (χ1v) is 41.5. The molecule has 0 spiro atoms. The van der Waals surface area contributed by atoms with Crippen LogP contribution in [0.25, 0.3) is 0 Å². The molecule has 114 heavy (non-hydrogen) atoms. The van der Waals surface area contributed by atoms with E-state index < -0.39 is 0 Å². The molecule has 16 nitrogen and oxygen atoms in total. The molecule has 12 rings (SSSR count). The van der Waals surface area contributed by atoms with E-state index in [9.17, 15) is 38.4 Å². The summed E-state index contributed by atoms with van der Waals surface area (Å²) >= 11 is 0. The van der Waals surface area contributed by atoms with Crippen LogP contribution < -0.4 is 0 Å². The molecule has 0 radical (unpaired) electrons. The van der Waals surface area contributed by atoms with Crippen molar-refractivity contribution < 1.29 is 76.3 Å². The minimum absolute atomic E-state index is 0.113. The number of aryl methyl sites for hydroxylation is 8. The summed E-state index contributed by atoms with van der Waals surface area (Å²) in [7, 11) is 0. The molecule has 0 aliphatic heterocycles. The number of benzene rings is 8. The van der Waals surface area contributed by atoms with Gasteiger partial charge in [0, 0.05) is 0 Å². The maximum Gasteiger partial charge on any atom is 0.338 e. The maximum absolute atomic E-state index is 12.5. The average Bonchev–Trinajstić information content (AvgIpc) is 0.863. The van der Waals surface area contributed by atoms with Gasteiger partial charge in [0.1, 0.15) is 48.8 Å². The number of unbranched alkanes of at least 4 members (excludes halogenated alkanes) is 4. The molecule has 0 amide bonds. The van der Waals surface area contributed by atoms with E-state index in [1.165, 1.54) is 60.8 Å². The van der Waals surface area contributed by atoms with Gasteiger partial charge < -0.3 is 37.9 Å². The molecular formula is C98H116O16. The molecule has 8 aromatic rings. The highest BCUT2D eigenvalue weighted by Crippen LogP contribution is 2.31. The zero-order valence-corrected chi connectivity index (χ0v) is 68.0. The fraction of sp³-hybridized carbons (Fsp3) is 0.429. The summed E-state index contributed by atoms with van der Waals surface area (Å²) in [5, 5.41) is 0. The van der Waals surface area contributed by atoms with Crippen molar-refractivity contribution in [2.75, 3.05) is 0 Å². The summed E-state index contributed by atoms with van der Waals surface area (Å²) in [6, 6.07) is 60.2. The molecule has 16 heteroatoms. The van der Waals surface area contributed by atoms with E-state index in [0.29, 0.717) is 122 Å². The van der Waals surface area contributed by atoms with Gasteiger partial charge in [-0.1, -0.05) is 173 Å². The van der Waals surface area contributed by atoms with Gasteiger partial charge in [-0.25, -0.2) is 38.4 Å². The van der Waals surface area contributed by atoms with Crippen molar-refractivity contribution in [2.24, 2.45) is 0 Å². The zero-order valence-electron chi connectivity index (χ0n) is 68.0. The largest absolute Gasteiger partial charge is 0.459 e. The second-order valence-electron chi connectivity index (χ2n) is 30.7. The summed E-state index contributed by atoms with van der Waals surface area (Å²) in [6.07, 6.45) is 21.7. The number of hydrogen-bond acceptors (Lipinski definition) is 16. The minimum Gasteiger partial charge on any atom is -0.459 e. The molecule has 4 aliphatic rings. The van der Waals surface area contributed by atoms with E-state index in [0.717, 1.165) is 73.6 Å². The number of hydrogen-bond donors (Lipinski definition) is 0. The fourth-order valence-corrected chi connectivity index (χ4v) is 14.1. The second-order valence-corrected chi connectivity index (χ2v) is 30.7. The number of rotatable bonds is 26. The lowest BCUT2D eigenvalue weighted by Gasteiger charge is -2.28. The Bertz CT molecular complexity index is 3870. The quantitative estimate of drug-likeness (QED) is 0.0280. The standard InChI is InChI=1S/C30H40O4.C24H28O4.2C22H24O4/c1-3-5-7-9-23-11-15-25(16-12-23)29(31)33-27-19-21-28(22-20-27)34-30(32)26-17-13-24(14-18-26)10-8-6-4-2;1-3-17-5-9-19(10-6-17)23(25)27-21-13-15-22(16-14-21)28-24(26)20-11-7-18(4-2)8-12-20;2*1-15-3-7-17(8-4-15)21(23)25-19-11-13-20(14-12-19)26-22(24)18-9-5-16(2)6-10-18/h11-18,27-28H,3-10,19-22H2,1-2H3;5-12,21-22H,3-4,13-16H2,1-2H3;2*3-10,19-20H,11-14H2,1-2H3. The second kappa shape index (κ2) is 46.0. The van der Waals surface area contributed by atoms with Crippen LogP contribution in [-0.2, 0) is 63.6 Å². The highest BCUT2D eigenvalue weighted by molar-refractivity contribution is 5.93. The van der Waals surface area contributed by atoms with E-state index in [-0.39, 0.29) is 96.6 Å². The molecule has 0 bridgehead atoms. The first-order chi connectivity index (χ1) is 55.2. The maximum atomic E-state index is 12.5. The molecule has 8 aromatic carbocycles. The molecular weight excluding hydrogens is 1430 g/mol. The van der Waals surface area contributed by atoms with Crippen LogP contribution in [0.5, 0.6) is 0 Å². The number of carbonyl (C=O) groups is 8. The van der Waals surface area contributed by atoms with E-state index in [1.807, 2.05) is 173 Å². The molecule has 0 atom stereocenters. The zero-order chi connectivity index (χ0) is 81.1. The molecule has 4 saturated carbocycles. The normalized spacial score (nSPS) is 18.9. The monoisotopic (exact) mass is 1550 g/mol. The molecule has 0 N–H and O–H groups in total. The molecule has 604 valence electrons. The van der Waals surface area contributed by atoms with Crippen LogP contribution in [0, 0.1) is 27.7 Å². The Morgan fingerprint density at radius 3 is 0.491 bits per heavy atom. The molecule has 0 unspecified atom stereocenters. The number of carbonyl (C=O) groups excluding carboxylic acids is 8. The van der Waals surface area contributed by atoms with Crippen LogP contribution in [0.15, 0.2) is 194 Å². The Kier molecular flexibility index (Phi) is 35.3. The van der Waals surface area contributed by atoms with Crippen molar-refractivity contribution in [3.63, 3.8) is 0 Å². The van der Waals surface area contributed by atoms with Gasteiger partial charge in [0.15, 0.2) is 0 Å². The van der Waals surface area contributed by atoms with Crippen molar-refractivity contribution in [3.05, 3.63) is 283 Å². The molecule has 0 heterocycles.